The number of rotatable bonds is 5. The standard InChI is InChI=1S/C20H32N6O.3ClH/c21-18-15-3-1-4-16(18)14-17(13-15)19(27)22-7-8-25-9-11-26(12-10-25)20-23-5-2-6-24-20;;;/h2,5-6,15-18H,1,3-4,7-14,21H2,(H,22,27);3*1H. The summed E-state index contributed by atoms with van der Waals surface area (Å²) in [5, 5.41) is 3.19. The number of carbonyl (C=O) groups excluding carboxylic acids is 1. The van der Waals surface area contributed by atoms with Gasteiger partial charge in [-0.25, -0.2) is 9.97 Å². The molecule has 2 aliphatic carbocycles. The van der Waals surface area contributed by atoms with E-state index in [2.05, 4.69) is 25.1 Å². The summed E-state index contributed by atoms with van der Waals surface area (Å²) in [6.45, 7) is 5.48. The summed E-state index contributed by atoms with van der Waals surface area (Å²) in [6.07, 6.45) is 9.25. The number of fused-ring (bicyclic) bond motifs is 2. The van der Waals surface area contributed by atoms with Gasteiger partial charge >= 0.3 is 0 Å². The molecule has 2 unspecified atom stereocenters. The van der Waals surface area contributed by atoms with Crippen LogP contribution in [0.2, 0.25) is 0 Å². The highest BCUT2D eigenvalue weighted by Crippen LogP contribution is 2.41. The molecule has 1 saturated heterocycles. The number of halogens is 3. The summed E-state index contributed by atoms with van der Waals surface area (Å²) in [5.74, 6) is 2.34. The van der Waals surface area contributed by atoms with Gasteiger partial charge in [0, 0.05) is 63.6 Å². The number of nitrogens with zero attached hydrogens (tertiary/aromatic N) is 4. The molecule has 30 heavy (non-hydrogen) atoms. The highest BCUT2D eigenvalue weighted by Gasteiger charge is 2.40. The topological polar surface area (TPSA) is 87.4 Å². The summed E-state index contributed by atoms with van der Waals surface area (Å²) < 4.78 is 0. The maximum atomic E-state index is 12.6. The SMILES string of the molecule is Cl.Cl.Cl.NC1C2CCCC1CC(C(=O)NCCN1CCN(c3ncccn3)CC1)C2. The molecule has 10 heteroatoms. The molecule has 172 valence electrons. The molecular formula is C20H35Cl3N6O. The number of anilines is 1. The molecule has 0 radical (unpaired) electrons. The fraction of sp³-hybridized carbons (Fsp3) is 0.750. The zero-order valence-corrected chi connectivity index (χ0v) is 19.8. The molecular weight excluding hydrogens is 447 g/mol. The van der Waals surface area contributed by atoms with Crippen molar-refractivity contribution in [3.63, 3.8) is 0 Å². The van der Waals surface area contributed by atoms with Gasteiger partial charge in [0.25, 0.3) is 0 Å². The van der Waals surface area contributed by atoms with Crippen molar-refractivity contribution in [2.75, 3.05) is 44.2 Å². The maximum absolute atomic E-state index is 12.6. The Balaban J connectivity index is 0.00000150. The quantitative estimate of drug-likeness (QED) is 0.670. The molecule has 0 spiro atoms. The number of hydrogen-bond acceptors (Lipinski definition) is 6. The van der Waals surface area contributed by atoms with E-state index in [1.807, 2.05) is 6.07 Å². The van der Waals surface area contributed by atoms with Gasteiger partial charge in [-0.3, -0.25) is 9.69 Å². The van der Waals surface area contributed by atoms with E-state index in [9.17, 15) is 4.79 Å². The van der Waals surface area contributed by atoms with E-state index >= 15 is 0 Å². The van der Waals surface area contributed by atoms with Crippen molar-refractivity contribution in [2.45, 2.75) is 38.1 Å². The van der Waals surface area contributed by atoms with Crippen LogP contribution < -0.4 is 16.0 Å². The molecule has 4 rings (SSSR count). The van der Waals surface area contributed by atoms with E-state index in [0.29, 0.717) is 17.9 Å². The van der Waals surface area contributed by atoms with Crippen LogP contribution in [-0.4, -0.2) is 66.1 Å². The van der Waals surface area contributed by atoms with Crippen molar-refractivity contribution in [1.29, 1.82) is 0 Å². The van der Waals surface area contributed by atoms with Crippen molar-refractivity contribution in [1.82, 2.24) is 20.2 Å². The first-order valence-electron chi connectivity index (χ1n) is 10.5. The molecule has 2 saturated carbocycles. The fourth-order valence-corrected chi connectivity index (χ4v) is 5.11. The number of nitrogens with two attached hydrogens (primary N) is 1. The predicted molar refractivity (Wildman–Crippen MR) is 127 cm³/mol. The molecule has 3 fully saturated rings. The first-order valence-corrected chi connectivity index (χ1v) is 10.5. The molecule has 2 bridgehead atoms. The van der Waals surface area contributed by atoms with Gasteiger partial charge in [0.1, 0.15) is 0 Å². The molecule has 1 aromatic heterocycles. The highest BCUT2D eigenvalue weighted by atomic mass is 35.5. The van der Waals surface area contributed by atoms with E-state index in [0.717, 1.165) is 58.1 Å². The van der Waals surface area contributed by atoms with Crippen molar-refractivity contribution in [3.8, 4) is 0 Å². The number of piperazine rings is 1. The maximum Gasteiger partial charge on any atom is 0.225 e. The molecule has 1 aliphatic heterocycles. The first-order chi connectivity index (χ1) is 13.2. The lowest BCUT2D eigenvalue weighted by molar-refractivity contribution is -0.127. The Kier molecular flexibility index (Phi) is 11.7. The van der Waals surface area contributed by atoms with Crippen molar-refractivity contribution in [2.24, 2.45) is 23.5 Å². The van der Waals surface area contributed by atoms with Gasteiger partial charge in [0.2, 0.25) is 11.9 Å². The number of nitrogens with one attached hydrogen (secondary N) is 1. The van der Waals surface area contributed by atoms with Gasteiger partial charge in [-0.1, -0.05) is 6.42 Å². The summed E-state index contributed by atoms with van der Waals surface area (Å²) in [7, 11) is 0. The van der Waals surface area contributed by atoms with Gasteiger partial charge in [-0.15, -0.1) is 37.2 Å². The van der Waals surface area contributed by atoms with Crippen LogP contribution >= 0.6 is 37.2 Å². The Hall–Kier alpha value is -0.860. The minimum atomic E-state index is 0. The molecule has 1 amide bonds. The van der Waals surface area contributed by atoms with E-state index in [4.69, 9.17) is 5.73 Å². The summed E-state index contributed by atoms with van der Waals surface area (Å²) >= 11 is 0. The van der Waals surface area contributed by atoms with Crippen LogP contribution in [-0.2, 0) is 4.79 Å². The van der Waals surface area contributed by atoms with Crippen LogP contribution in [0.4, 0.5) is 5.95 Å². The lowest BCUT2D eigenvalue weighted by Crippen LogP contribution is -2.51. The Bertz CT molecular complexity index is 618. The molecule has 3 aliphatic rings. The third-order valence-corrected chi connectivity index (χ3v) is 6.72. The average Bonchev–Trinajstić information content (AvgIpc) is 2.69. The Morgan fingerprint density at radius 3 is 2.23 bits per heavy atom. The summed E-state index contributed by atoms with van der Waals surface area (Å²) in [4.78, 5) is 25.9. The van der Waals surface area contributed by atoms with E-state index in [1.165, 1.54) is 19.3 Å². The monoisotopic (exact) mass is 480 g/mol. The zero-order valence-electron chi connectivity index (χ0n) is 17.3. The van der Waals surface area contributed by atoms with Gasteiger partial charge in [0.05, 0.1) is 0 Å². The van der Waals surface area contributed by atoms with Gasteiger partial charge in [-0.05, 0) is 43.6 Å². The van der Waals surface area contributed by atoms with Crippen LogP contribution in [0.1, 0.15) is 32.1 Å². The Morgan fingerprint density at radius 2 is 1.63 bits per heavy atom. The smallest absolute Gasteiger partial charge is 0.225 e. The van der Waals surface area contributed by atoms with Crippen LogP contribution in [0.15, 0.2) is 18.5 Å². The molecule has 1 aromatic rings. The molecule has 2 heterocycles. The predicted octanol–water partition coefficient (Wildman–Crippen LogP) is 2.13. The number of carbonyl (C=O) groups is 1. The fourth-order valence-electron chi connectivity index (χ4n) is 5.11. The van der Waals surface area contributed by atoms with Crippen LogP contribution in [0.3, 0.4) is 0 Å². The van der Waals surface area contributed by atoms with Crippen LogP contribution in [0.5, 0.6) is 0 Å². The average molecular weight is 482 g/mol. The normalized spacial score (nSPS) is 28.4. The van der Waals surface area contributed by atoms with Crippen molar-refractivity contribution >= 4 is 49.1 Å². The van der Waals surface area contributed by atoms with E-state index < -0.39 is 0 Å². The molecule has 7 nitrogen and oxygen atoms in total. The first kappa shape index (κ1) is 27.2. The Morgan fingerprint density at radius 1 is 1.03 bits per heavy atom. The largest absolute Gasteiger partial charge is 0.355 e. The third-order valence-electron chi connectivity index (χ3n) is 6.72. The summed E-state index contributed by atoms with van der Waals surface area (Å²) in [6, 6.07) is 2.17. The number of aromatic nitrogens is 2. The second kappa shape index (κ2) is 12.9. The molecule has 0 aromatic carbocycles. The minimum absolute atomic E-state index is 0. The Labute approximate surface area is 198 Å². The number of hydrogen-bond donors (Lipinski definition) is 2. The highest BCUT2D eigenvalue weighted by molar-refractivity contribution is 5.86. The second-order valence-corrected chi connectivity index (χ2v) is 8.37. The van der Waals surface area contributed by atoms with Gasteiger partial charge < -0.3 is 16.0 Å². The van der Waals surface area contributed by atoms with E-state index in [1.54, 1.807) is 12.4 Å². The minimum Gasteiger partial charge on any atom is -0.355 e. The van der Waals surface area contributed by atoms with Crippen molar-refractivity contribution in [3.05, 3.63) is 18.5 Å². The van der Waals surface area contributed by atoms with Crippen LogP contribution in [0, 0.1) is 17.8 Å². The zero-order chi connectivity index (χ0) is 18.6. The lowest BCUT2D eigenvalue weighted by Gasteiger charge is -2.43. The molecule has 3 N–H and O–H groups in total. The van der Waals surface area contributed by atoms with Crippen LogP contribution in [0.25, 0.3) is 0 Å². The van der Waals surface area contributed by atoms with Crippen molar-refractivity contribution < 1.29 is 4.79 Å². The second-order valence-electron chi connectivity index (χ2n) is 8.37. The third kappa shape index (κ3) is 6.57. The summed E-state index contributed by atoms with van der Waals surface area (Å²) in [5.41, 5.74) is 6.35. The van der Waals surface area contributed by atoms with Gasteiger partial charge in [-0.2, -0.15) is 0 Å². The molecule has 2 atom stereocenters. The lowest BCUT2D eigenvalue weighted by atomic mass is 9.65. The number of amides is 1. The van der Waals surface area contributed by atoms with Gasteiger partial charge in [0.15, 0.2) is 0 Å². The van der Waals surface area contributed by atoms with E-state index in [-0.39, 0.29) is 49.0 Å².